The van der Waals surface area contributed by atoms with E-state index in [0.717, 1.165) is 12.8 Å². The van der Waals surface area contributed by atoms with Gasteiger partial charge in [-0.3, -0.25) is 4.79 Å². The molecule has 0 bridgehead atoms. The molecule has 2 nitrogen and oxygen atoms in total. The van der Waals surface area contributed by atoms with Crippen LogP contribution in [0.3, 0.4) is 0 Å². The van der Waals surface area contributed by atoms with Gasteiger partial charge >= 0.3 is 5.97 Å². The molecular weight excluding hydrogens is 184 g/mol. The minimum atomic E-state index is -0.675. The van der Waals surface area contributed by atoms with Gasteiger partial charge in [0, 0.05) is 5.25 Å². The topological polar surface area (TPSA) is 37.3 Å². The number of hydrogen-bond acceptors (Lipinski definition) is 2. The van der Waals surface area contributed by atoms with Gasteiger partial charge < -0.3 is 5.11 Å². The molecule has 1 N–H and O–H groups in total. The van der Waals surface area contributed by atoms with E-state index in [1.54, 1.807) is 11.8 Å². The summed E-state index contributed by atoms with van der Waals surface area (Å²) in [6.45, 7) is 1.93. The molecule has 1 rings (SSSR count). The average molecular weight is 200 g/mol. The first kappa shape index (κ1) is 10.6. The Hall–Kier alpha value is -0.440. The van der Waals surface area contributed by atoms with E-state index in [2.05, 4.69) is 12.2 Å². The molecule has 0 aromatic rings. The molecule has 0 heterocycles. The summed E-state index contributed by atoms with van der Waals surface area (Å²) in [4.78, 5) is 10.8. The molecule has 1 aliphatic rings. The van der Waals surface area contributed by atoms with Crippen LogP contribution in [0.4, 0.5) is 0 Å². The van der Waals surface area contributed by atoms with Crippen LogP contribution in [0.2, 0.25) is 0 Å². The molecule has 74 valence electrons. The average Bonchev–Trinajstić information content (AvgIpc) is 2.15. The summed E-state index contributed by atoms with van der Waals surface area (Å²) in [6, 6.07) is 0. The maximum atomic E-state index is 10.8. The molecule has 13 heavy (non-hydrogen) atoms. The highest BCUT2D eigenvalue weighted by Crippen LogP contribution is 2.28. The lowest BCUT2D eigenvalue weighted by atomic mass is 10.1. The zero-order valence-electron chi connectivity index (χ0n) is 7.90. The summed E-state index contributed by atoms with van der Waals surface area (Å²) in [5.41, 5.74) is 0. The summed E-state index contributed by atoms with van der Waals surface area (Å²) in [6.07, 6.45) is 8.51. The molecule has 1 aliphatic carbocycles. The van der Waals surface area contributed by atoms with Crippen molar-refractivity contribution < 1.29 is 9.90 Å². The van der Waals surface area contributed by atoms with Crippen molar-refractivity contribution in [3.8, 4) is 0 Å². The molecular formula is C10H16O2S. The molecule has 0 saturated carbocycles. The summed E-state index contributed by atoms with van der Waals surface area (Å²) in [5.74, 6) is -0.675. The van der Waals surface area contributed by atoms with Gasteiger partial charge in [-0.15, -0.1) is 11.8 Å². The standard InChI is InChI=1S/C10H16O2S/c1-2-9(10(11)12)13-8-6-4-3-5-7-8/h4,6,8-9H,2-3,5,7H2,1H3,(H,11,12). The van der Waals surface area contributed by atoms with E-state index in [-0.39, 0.29) is 5.25 Å². The number of hydrogen-bond donors (Lipinski definition) is 1. The third-order valence-corrected chi connectivity index (χ3v) is 3.80. The van der Waals surface area contributed by atoms with Crippen LogP contribution in [0, 0.1) is 0 Å². The Bertz CT molecular complexity index is 201. The SMILES string of the molecule is CCC(SC1C=CCCC1)C(=O)O. The van der Waals surface area contributed by atoms with Crippen molar-refractivity contribution >= 4 is 17.7 Å². The second kappa shape index (κ2) is 5.32. The number of aliphatic carboxylic acids is 1. The largest absolute Gasteiger partial charge is 0.480 e. The Morgan fingerprint density at radius 2 is 2.54 bits per heavy atom. The third-order valence-electron chi connectivity index (χ3n) is 2.20. The van der Waals surface area contributed by atoms with Gasteiger partial charge in [0.15, 0.2) is 0 Å². The van der Waals surface area contributed by atoms with Crippen LogP contribution >= 0.6 is 11.8 Å². The molecule has 0 aromatic heterocycles. The van der Waals surface area contributed by atoms with Gasteiger partial charge in [0.05, 0.1) is 0 Å². The predicted molar refractivity (Wildman–Crippen MR) is 56.1 cm³/mol. The first-order valence-corrected chi connectivity index (χ1v) is 5.73. The van der Waals surface area contributed by atoms with Crippen molar-refractivity contribution in [2.24, 2.45) is 0 Å². The summed E-state index contributed by atoms with van der Waals surface area (Å²) >= 11 is 1.59. The molecule has 3 heteroatoms. The zero-order valence-corrected chi connectivity index (χ0v) is 8.72. The highest BCUT2D eigenvalue weighted by atomic mass is 32.2. The van der Waals surface area contributed by atoms with Gasteiger partial charge in [-0.2, -0.15) is 0 Å². The number of thioether (sulfide) groups is 1. The fraction of sp³-hybridized carbons (Fsp3) is 0.700. The van der Waals surface area contributed by atoms with E-state index in [1.165, 1.54) is 6.42 Å². The highest BCUT2D eigenvalue weighted by Gasteiger charge is 2.20. The first-order chi connectivity index (χ1) is 6.24. The molecule has 0 spiro atoms. The van der Waals surface area contributed by atoms with E-state index in [9.17, 15) is 4.79 Å². The first-order valence-electron chi connectivity index (χ1n) is 4.79. The van der Waals surface area contributed by atoms with Gasteiger partial charge in [0.2, 0.25) is 0 Å². The van der Waals surface area contributed by atoms with Gasteiger partial charge in [0.1, 0.15) is 5.25 Å². The number of carboxylic acid groups (broad SMARTS) is 1. The van der Waals surface area contributed by atoms with Crippen molar-refractivity contribution in [2.75, 3.05) is 0 Å². The van der Waals surface area contributed by atoms with Crippen LogP contribution in [0.25, 0.3) is 0 Å². The molecule has 0 saturated heterocycles. The van der Waals surface area contributed by atoms with Crippen LogP contribution in [0.15, 0.2) is 12.2 Å². The summed E-state index contributed by atoms with van der Waals surface area (Å²) in [5, 5.41) is 9.06. The lowest BCUT2D eigenvalue weighted by molar-refractivity contribution is -0.136. The molecule has 0 radical (unpaired) electrons. The number of carboxylic acids is 1. The van der Waals surface area contributed by atoms with Crippen LogP contribution in [-0.2, 0) is 4.79 Å². The molecule has 0 aromatic carbocycles. The fourth-order valence-corrected chi connectivity index (χ4v) is 2.67. The van der Waals surface area contributed by atoms with Crippen LogP contribution in [0.1, 0.15) is 32.6 Å². The number of carbonyl (C=O) groups is 1. The van der Waals surface area contributed by atoms with Crippen molar-refractivity contribution in [3.63, 3.8) is 0 Å². The van der Waals surface area contributed by atoms with E-state index in [0.29, 0.717) is 11.7 Å². The maximum absolute atomic E-state index is 10.8. The number of rotatable bonds is 4. The van der Waals surface area contributed by atoms with E-state index in [1.807, 2.05) is 6.92 Å². The molecule has 2 unspecified atom stereocenters. The molecule has 0 fully saturated rings. The van der Waals surface area contributed by atoms with Crippen LogP contribution < -0.4 is 0 Å². The minimum Gasteiger partial charge on any atom is -0.480 e. The van der Waals surface area contributed by atoms with Crippen molar-refractivity contribution in [1.29, 1.82) is 0 Å². The highest BCUT2D eigenvalue weighted by molar-refractivity contribution is 8.01. The smallest absolute Gasteiger partial charge is 0.316 e. The van der Waals surface area contributed by atoms with Gasteiger partial charge in [-0.1, -0.05) is 19.1 Å². The fourth-order valence-electron chi connectivity index (χ4n) is 1.43. The second-order valence-corrected chi connectivity index (χ2v) is 4.72. The second-order valence-electron chi connectivity index (χ2n) is 3.27. The van der Waals surface area contributed by atoms with Gasteiger partial charge in [0.25, 0.3) is 0 Å². The third kappa shape index (κ3) is 3.43. The van der Waals surface area contributed by atoms with Crippen molar-refractivity contribution in [3.05, 3.63) is 12.2 Å². The lowest BCUT2D eigenvalue weighted by Crippen LogP contribution is -2.19. The van der Waals surface area contributed by atoms with Gasteiger partial charge in [-0.25, -0.2) is 0 Å². The normalized spacial score (nSPS) is 24.2. The summed E-state index contributed by atoms with van der Waals surface area (Å²) < 4.78 is 0. The monoisotopic (exact) mass is 200 g/mol. The number of allylic oxidation sites excluding steroid dienone is 1. The Balaban J connectivity index is 2.40. The molecule has 0 amide bonds. The Labute approximate surface area is 83.4 Å². The Morgan fingerprint density at radius 1 is 1.77 bits per heavy atom. The maximum Gasteiger partial charge on any atom is 0.316 e. The van der Waals surface area contributed by atoms with Crippen LogP contribution in [0.5, 0.6) is 0 Å². The van der Waals surface area contributed by atoms with E-state index < -0.39 is 5.97 Å². The molecule has 2 atom stereocenters. The van der Waals surface area contributed by atoms with Crippen molar-refractivity contribution in [1.82, 2.24) is 0 Å². The zero-order chi connectivity index (χ0) is 9.68. The predicted octanol–water partition coefficient (Wildman–Crippen LogP) is 2.69. The minimum absolute atomic E-state index is 0.229. The van der Waals surface area contributed by atoms with E-state index >= 15 is 0 Å². The van der Waals surface area contributed by atoms with Crippen LogP contribution in [-0.4, -0.2) is 21.6 Å². The summed E-state index contributed by atoms with van der Waals surface area (Å²) in [7, 11) is 0. The van der Waals surface area contributed by atoms with Crippen molar-refractivity contribution in [2.45, 2.75) is 43.1 Å². The lowest BCUT2D eigenvalue weighted by Gasteiger charge is -2.19. The quantitative estimate of drug-likeness (QED) is 0.709. The molecule has 0 aliphatic heterocycles. The van der Waals surface area contributed by atoms with E-state index in [4.69, 9.17) is 5.11 Å². The Kier molecular flexibility index (Phi) is 4.36. The Morgan fingerprint density at radius 3 is 3.00 bits per heavy atom. The van der Waals surface area contributed by atoms with Gasteiger partial charge in [-0.05, 0) is 25.7 Å².